The first kappa shape index (κ1) is 17.4. The summed E-state index contributed by atoms with van der Waals surface area (Å²) >= 11 is 5.51. The topological polar surface area (TPSA) is 47.9 Å². The van der Waals surface area contributed by atoms with Gasteiger partial charge in [0.2, 0.25) is 0 Å². The molecular formula is C18H21ClO4. The number of benzene rings is 2. The Bertz CT molecular complexity index is 569. The molecule has 0 aliphatic carbocycles. The van der Waals surface area contributed by atoms with Crippen molar-refractivity contribution in [1.82, 2.24) is 0 Å². The molecule has 1 atom stereocenters. The number of alkyl halides is 1. The normalized spacial score (nSPS) is 11.8. The second-order valence-corrected chi connectivity index (χ2v) is 5.32. The fraction of sp³-hybridized carbons (Fsp3) is 0.333. The Labute approximate surface area is 141 Å². The lowest BCUT2D eigenvalue weighted by Gasteiger charge is -2.11. The van der Waals surface area contributed by atoms with E-state index in [1.165, 1.54) is 0 Å². The standard InChI is InChI=1S/C18H21ClO4/c1-2-11-21-15-3-7-17(8-4-15)23-18-9-5-16(6-10-18)22-13-14(20)12-19/h3-10,14,20H,2,11-13H2,1H3. The highest BCUT2D eigenvalue weighted by atomic mass is 35.5. The van der Waals surface area contributed by atoms with Crippen LogP contribution in [0.3, 0.4) is 0 Å². The van der Waals surface area contributed by atoms with Gasteiger partial charge < -0.3 is 19.3 Å². The zero-order valence-electron chi connectivity index (χ0n) is 13.1. The molecule has 5 heteroatoms. The van der Waals surface area contributed by atoms with E-state index in [-0.39, 0.29) is 12.5 Å². The lowest BCUT2D eigenvalue weighted by molar-refractivity contribution is 0.125. The minimum Gasteiger partial charge on any atom is -0.494 e. The number of aliphatic hydroxyl groups is 1. The predicted octanol–water partition coefficient (Wildman–Crippen LogP) is 4.25. The van der Waals surface area contributed by atoms with Crippen LogP contribution in [0.2, 0.25) is 0 Å². The van der Waals surface area contributed by atoms with Crippen LogP contribution >= 0.6 is 11.6 Å². The van der Waals surface area contributed by atoms with Gasteiger partial charge in [0, 0.05) is 0 Å². The van der Waals surface area contributed by atoms with Crippen LogP contribution in [-0.4, -0.2) is 30.3 Å². The third-order valence-electron chi connectivity index (χ3n) is 2.98. The molecule has 0 heterocycles. The van der Waals surface area contributed by atoms with Crippen molar-refractivity contribution in [3.8, 4) is 23.0 Å². The van der Waals surface area contributed by atoms with Gasteiger partial charge in [-0.05, 0) is 55.0 Å². The van der Waals surface area contributed by atoms with Gasteiger partial charge in [0.05, 0.1) is 12.5 Å². The lowest BCUT2D eigenvalue weighted by Crippen LogP contribution is -2.18. The van der Waals surface area contributed by atoms with E-state index in [4.69, 9.17) is 25.8 Å². The fourth-order valence-electron chi connectivity index (χ4n) is 1.80. The van der Waals surface area contributed by atoms with E-state index in [0.29, 0.717) is 18.1 Å². The summed E-state index contributed by atoms with van der Waals surface area (Å²) in [5.41, 5.74) is 0. The van der Waals surface area contributed by atoms with E-state index in [0.717, 1.165) is 17.9 Å². The maximum atomic E-state index is 9.35. The van der Waals surface area contributed by atoms with Gasteiger partial charge >= 0.3 is 0 Å². The highest BCUT2D eigenvalue weighted by Crippen LogP contribution is 2.25. The van der Waals surface area contributed by atoms with Crippen LogP contribution in [0, 0.1) is 0 Å². The summed E-state index contributed by atoms with van der Waals surface area (Å²) < 4.78 is 16.7. The quantitative estimate of drug-likeness (QED) is 0.695. The van der Waals surface area contributed by atoms with Crippen molar-refractivity contribution >= 4 is 11.6 Å². The van der Waals surface area contributed by atoms with Gasteiger partial charge in [0.25, 0.3) is 0 Å². The lowest BCUT2D eigenvalue weighted by atomic mass is 10.3. The van der Waals surface area contributed by atoms with Gasteiger partial charge in [-0.25, -0.2) is 0 Å². The fourth-order valence-corrected chi connectivity index (χ4v) is 1.89. The summed E-state index contributed by atoms with van der Waals surface area (Å²) in [4.78, 5) is 0. The van der Waals surface area contributed by atoms with E-state index in [1.807, 2.05) is 36.4 Å². The smallest absolute Gasteiger partial charge is 0.127 e. The average molecular weight is 337 g/mol. The Kier molecular flexibility index (Phi) is 7.04. The first-order chi connectivity index (χ1) is 11.2. The molecule has 0 radical (unpaired) electrons. The summed E-state index contributed by atoms with van der Waals surface area (Å²) in [5.74, 6) is 3.09. The summed E-state index contributed by atoms with van der Waals surface area (Å²) in [6, 6.07) is 14.7. The van der Waals surface area contributed by atoms with Crippen LogP contribution in [0.1, 0.15) is 13.3 Å². The Morgan fingerprint density at radius 1 is 0.870 bits per heavy atom. The van der Waals surface area contributed by atoms with Crippen molar-refractivity contribution in [2.45, 2.75) is 19.4 Å². The molecule has 1 N–H and O–H groups in total. The van der Waals surface area contributed by atoms with E-state index in [1.54, 1.807) is 12.1 Å². The molecule has 0 aromatic heterocycles. The average Bonchev–Trinajstić information content (AvgIpc) is 2.60. The molecule has 2 aromatic carbocycles. The molecule has 0 aliphatic rings. The Hall–Kier alpha value is -1.91. The zero-order valence-corrected chi connectivity index (χ0v) is 13.8. The van der Waals surface area contributed by atoms with Gasteiger partial charge in [-0.3, -0.25) is 0 Å². The van der Waals surface area contributed by atoms with E-state index >= 15 is 0 Å². The molecule has 0 amide bonds. The van der Waals surface area contributed by atoms with Gasteiger partial charge in [-0.15, -0.1) is 11.6 Å². The molecule has 0 aliphatic heterocycles. The monoisotopic (exact) mass is 336 g/mol. The second-order valence-electron chi connectivity index (χ2n) is 5.01. The number of hydrogen-bond acceptors (Lipinski definition) is 4. The van der Waals surface area contributed by atoms with Crippen molar-refractivity contribution in [2.24, 2.45) is 0 Å². The molecule has 0 spiro atoms. The van der Waals surface area contributed by atoms with E-state index < -0.39 is 6.10 Å². The molecule has 23 heavy (non-hydrogen) atoms. The number of aliphatic hydroxyl groups excluding tert-OH is 1. The predicted molar refractivity (Wildman–Crippen MR) is 91.0 cm³/mol. The molecule has 1 unspecified atom stereocenters. The maximum absolute atomic E-state index is 9.35. The summed E-state index contributed by atoms with van der Waals surface area (Å²) in [5, 5.41) is 9.35. The molecule has 0 fully saturated rings. The molecule has 0 bridgehead atoms. The van der Waals surface area contributed by atoms with Crippen molar-refractivity contribution in [3.63, 3.8) is 0 Å². The Morgan fingerprint density at radius 3 is 1.83 bits per heavy atom. The van der Waals surface area contributed by atoms with Crippen LogP contribution in [-0.2, 0) is 0 Å². The van der Waals surface area contributed by atoms with Gasteiger partial charge in [-0.1, -0.05) is 6.92 Å². The van der Waals surface area contributed by atoms with Gasteiger partial charge in [-0.2, -0.15) is 0 Å². The summed E-state index contributed by atoms with van der Waals surface area (Å²) in [6.45, 7) is 2.95. The molecule has 4 nitrogen and oxygen atoms in total. The van der Waals surface area contributed by atoms with Crippen molar-refractivity contribution in [2.75, 3.05) is 19.1 Å². The highest BCUT2D eigenvalue weighted by molar-refractivity contribution is 6.18. The molecule has 0 saturated heterocycles. The van der Waals surface area contributed by atoms with Crippen LogP contribution in [0.15, 0.2) is 48.5 Å². The van der Waals surface area contributed by atoms with Crippen LogP contribution in [0.5, 0.6) is 23.0 Å². The highest BCUT2D eigenvalue weighted by Gasteiger charge is 2.04. The summed E-state index contributed by atoms with van der Waals surface area (Å²) in [7, 11) is 0. The maximum Gasteiger partial charge on any atom is 0.127 e. The van der Waals surface area contributed by atoms with Crippen molar-refractivity contribution < 1.29 is 19.3 Å². The van der Waals surface area contributed by atoms with Crippen LogP contribution in [0.4, 0.5) is 0 Å². The van der Waals surface area contributed by atoms with E-state index in [2.05, 4.69) is 6.92 Å². The number of ether oxygens (including phenoxy) is 3. The molecule has 0 saturated carbocycles. The SMILES string of the molecule is CCCOc1ccc(Oc2ccc(OCC(O)CCl)cc2)cc1. The van der Waals surface area contributed by atoms with Crippen molar-refractivity contribution in [1.29, 1.82) is 0 Å². The third-order valence-corrected chi connectivity index (χ3v) is 3.33. The first-order valence-corrected chi connectivity index (χ1v) is 8.12. The minimum atomic E-state index is -0.666. The summed E-state index contributed by atoms with van der Waals surface area (Å²) in [6.07, 6.45) is 0.315. The Balaban J connectivity index is 1.87. The number of rotatable bonds is 9. The van der Waals surface area contributed by atoms with E-state index in [9.17, 15) is 5.11 Å². The second kappa shape index (κ2) is 9.28. The Morgan fingerprint density at radius 2 is 1.35 bits per heavy atom. The number of hydrogen-bond donors (Lipinski definition) is 1. The van der Waals surface area contributed by atoms with Gasteiger partial charge in [0.15, 0.2) is 0 Å². The van der Waals surface area contributed by atoms with Crippen LogP contribution < -0.4 is 14.2 Å². The number of halogens is 1. The molecule has 2 rings (SSSR count). The van der Waals surface area contributed by atoms with Crippen LogP contribution in [0.25, 0.3) is 0 Å². The zero-order chi connectivity index (χ0) is 16.5. The van der Waals surface area contributed by atoms with Gasteiger partial charge in [0.1, 0.15) is 35.7 Å². The third kappa shape index (κ3) is 6.00. The minimum absolute atomic E-state index is 0.152. The van der Waals surface area contributed by atoms with Crippen molar-refractivity contribution in [3.05, 3.63) is 48.5 Å². The molecular weight excluding hydrogens is 316 g/mol. The molecule has 2 aromatic rings. The largest absolute Gasteiger partial charge is 0.494 e. The molecule has 124 valence electrons. The first-order valence-electron chi connectivity index (χ1n) is 7.59.